The van der Waals surface area contributed by atoms with E-state index < -0.39 is 5.97 Å². The summed E-state index contributed by atoms with van der Waals surface area (Å²) in [7, 11) is 0. The van der Waals surface area contributed by atoms with E-state index in [4.69, 9.17) is 23.2 Å². The van der Waals surface area contributed by atoms with Crippen LogP contribution in [0.5, 0.6) is 0 Å². The molecular weight excluding hydrogens is 345 g/mol. The predicted octanol–water partition coefficient (Wildman–Crippen LogP) is 5.52. The number of hydrogen-bond donors (Lipinski definition) is 2. The van der Waals surface area contributed by atoms with Crippen molar-refractivity contribution in [2.45, 2.75) is 18.4 Å². The molecule has 0 unspecified atom stereocenters. The lowest BCUT2D eigenvalue weighted by molar-refractivity contribution is 0.0695. The summed E-state index contributed by atoms with van der Waals surface area (Å²) in [5, 5.41) is 14.3. The molecule has 122 valence electrons. The van der Waals surface area contributed by atoms with E-state index in [0.29, 0.717) is 15.6 Å². The number of carbonyl (C=O) groups is 1. The van der Waals surface area contributed by atoms with E-state index in [1.807, 2.05) is 24.3 Å². The van der Waals surface area contributed by atoms with Gasteiger partial charge in [-0.25, -0.2) is 4.79 Å². The molecule has 4 rings (SSSR count). The van der Waals surface area contributed by atoms with Crippen molar-refractivity contribution in [1.82, 2.24) is 0 Å². The molecule has 0 fully saturated rings. The van der Waals surface area contributed by atoms with Crippen molar-refractivity contribution in [3.63, 3.8) is 0 Å². The Kier molecular flexibility index (Phi) is 3.78. The van der Waals surface area contributed by atoms with Crippen molar-refractivity contribution in [1.29, 1.82) is 0 Å². The first-order valence-electron chi connectivity index (χ1n) is 7.80. The van der Waals surface area contributed by atoms with Gasteiger partial charge in [-0.2, -0.15) is 0 Å². The molecule has 0 bridgehead atoms. The average molecular weight is 360 g/mol. The van der Waals surface area contributed by atoms with Crippen LogP contribution in [0.15, 0.2) is 48.6 Å². The molecule has 2 aliphatic rings. The molecule has 0 amide bonds. The molecule has 24 heavy (non-hydrogen) atoms. The minimum absolute atomic E-state index is 0.0479. The van der Waals surface area contributed by atoms with Crippen LogP contribution < -0.4 is 5.32 Å². The van der Waals surface area contributed by atoms with Gasteiger partial charge in [0, 0.05) is 10.9 Å². The molecule has 5 heteroatoms. The Morgan fingerprint density at radius 1 is 1.12 bits per heavy atom. The Morgan fingerprint density at radius 3 is 2.58 bits per heavy atom. The van der Waals surface area contributed by atoms with Crippen molar-refractivity contribution in [3.05, 3.63) is 75.3 Å². The van der Waals surface area contributed by atoms with Crippen molar-refractivity contribution < 1.29 is 9.90 Å². The molecule has 1 aliphatic heterocycles. The molecule has 0 aromatic heterocycles. The van der Waals surface area contributed by atoms with Crippen LogP contribution in [0.25, 0.3) is 0 Å². The molecule has 1 aliphatic carbocycles. The Hall–Kier alpha value is -1.97. The van der Waals surface area contributed by atoms with Gasteiger partial charge >= 0.3 is 5.97 Å². The van der Waals surface area contributed by atoms with Crippen molar-refractivity contribution in [2.75, 3.05) is 5.32 Å². The number of halogens is 2. The van der Waals surface area contributed by atoms with E-state index in [0.717, 1.165) is 23.2 Å². The highest BCUT2D eigenvalue weighted by atomic mass is 35.5. The first-order valence-corrected chi connectivity index (χ1v) is 8.56. The third-order valence-corrected chi connectivity index (χ3v) is 5.50. The summed E-state index contributed by atoms with van der Waals surface area (Å²) in [6.07, 6.45) is 5.13. The number of anilines is 1. The summed E-state index contributed by atoms with van der Waals surface area (Å²) in [5.41, 5.74) is 2.96. The van der Waals surface area contributed by atoms with E-state index in [-0.39, 0.29) is 17.9 Å². The number of hydrogen-bond acceptors (Lipinski definition) is 2. The van der Waals surface area contributed by atoms with E-state index in [2.05, 4.69) is 17.5 Å². The van der Waals surface area contributed by atoms with Crippen LogP contribution in [-0.4, -0.2) is 11.1 Å². The molecule has 3 atom stereocenters. The summed E-state index contributed by atoms with van der Waals surface area (Å²) in [6.45, 7) is 0. The SMILES string of the molecule is O=C(O)c1ccc(Cl)c2c1[C@H]1C=CC[C@@H]1[C@H](c1ccc(Cl)cc1)N2. The number of allylic oxidation sites excluding steroid dienone is 2. The number of carboxylic acids is 1. The van der Waals surface area contributed by atoms with Crippen LogP contribution in [0, 0.1) is 5.92 Å². The normalized spacial score (nSPS) is 24.2. The van der Waals surface area contributed by atoms with Crippen LogP contribution in [0.2, 0.25) is 10.0 Å². The minimum Gasteiger partial charge on any atom is -0.478 e. The average Bonchev–Trinajstić information content (AvgIpc) is 3.05. The quantitative estimate of drug-likeness (QED) is 0.694. The minimum atomic E-state index is -0.922. The number of benzene rings is 2. The zero-order valence-corrected chi connectivity index (χ0v) is 14.2. The van der Waals surface area contributed by atoms with Crippen LogP contribution in [-0.2, 0) is 0 Å². The lowest BCUT2D eigenvalue weighted by Crippen LogP contribution is -2.30. The second kappa shape index (κ2) is 5.83. The number of aromatic carboxylic acids is 1. The van der Waals surface area contributed by atoms with Gasteiger partial charge in [0.2, 0.25) is 0 Å². The first-order chi connectivity index (χ1) is 11.6. The van der Waals surface area contributed by atoms with Gasteiger partial charge in [-0.15, -0.1) is 0 Å². The fourth-order valence-corrected chi connectivity index (χ4v) is 4.21. The van der Waals surface area contributed by atoms with E-state index >= 15 is 0 Å². The molecule has 2 aromatic rings. The van der Waals surface area contributed by atoms with Gasteiger partial charge in [0.15, 0.2) is 0 Å². The van der Waals surface area contributed by atoms with E-state index in [1.54, 1.807) is 12.1 Å². The molecule has 0 saturated heterocycles. The zero-order chi connectivity index (χ0) is 16.8. The molecule has 2 N–H and O–H groups in total. The molecule has 3 nitrogen and oxygen atoms in total. The highest BCUT2D eigenvalue weighted by Gasteiger charge is 2.40. The van der Waals surface area contributed by atoms with E-state index in [1.165, 1.54) is 0 Å². The van der Waals surface area contributed by atoms with Gasteiger partial charge in [-0.3, -0.25) is 0 Å². The smallest absolute Gasteiger partial charge is 0.336 e. The first kappa shape index (κ1) is 15.6. The largest absolute Gasteiger partial charge is 0.478 e. The van der Waals surface area contributed by atoms with Crippen molar-refractivity contribution >= 4 is 34.9 Å². The van der Waals surface area contributed by atoms with Gasteiger partial charge in [0.25, 0.3) is 0 Å². The number of nitrogens with one attached hydrogen (secondary N) is 1. The standard InChI is InChI=1S/C19H15Cl2NO2/c20-11-6-4-10(5-7-11)17-13-3-1-2-12(13)16-14(19(23)24)8-9-15(21)18(16)22-17/h1-2,4-9,12-13,17,22H,3H2,(H,23,24)/t12-,13-,17-/m0/s1. The molecule has 0 saturated carbocycles. The third kappa shape index (κ3) is 2.40. The van der Waals surface area contributed by atoms with Crippen LogP contribution in [0.1, 0.15) is 39.9 Å². The van der Waals surface area contributed by atoms with E-state index in [9.17, 15) is 9.90 Å². The fourth-order valence-electron chi connectivity index (χ4n) is 3.86. The summed E-state index contributed by atoms with van der Waals surface area (Å²) < 4.78 is 0. The fraction of sp³-hybridized carbons (Fsp3) is 0.211. The highest BCUT2D eigenvalue weighted by Crippen LogP contribution is 2.52. The molecular formula is C19H15Cl2NO2. The highest BCUT2D eigenvalue weighted by molar-refractivity contribution is 6.33. The maximum Gasteiger partial charge on any atom is 0.336 e. The monoisotopic (exact) mass is 359 g/mol. The molecule has 1 heterocycles. The van der Waals surface area contributed by atoms with Gasteiger partial charge in [0.05, 0.1) is 22.3 Å². The lowest BCUT2D eigenvalue weighted by atomic mass is 9.75. The maximum absolute atomic E-state index is 11.7. The molecule has 2 aromatic carbocycles. The summed E-state index contributed by atoms with van der Waals surface area (Å²) >= 11 is 12.4. The second-order valence-electron chi connectivity index (χ2n) is 6.22. The topological polar surface area (TPSA) is 49.3 Å². The number of fused-ring (bicyclic) bond motifs is 3. The van der Waals surface area contributed by atoms with Gasteiger partial charge in [0.1, 0.15) is 0 Å². The second-order valence-corrected chi connectivity index (χ2v) is 7.06. The summed E-state index contributed by atoms with van der Waals surface area (Å²) in [5.74, 6) is -0.615. The van der Waals surface area contributed by atoms with Gasteiger partial charge in [-0.1, -0.05) is 47.5 Å². The van der Waals surface area contributed by atoms with Crippen LogP contribution >= 0.6 is 23.2 Å². The summed E-state index contributed by atoms with van der Waals surface area (Å²) in [4.78, 5) is 11.7. The van der Waals surface area contributed by atoms with Crippen molar-refractivity contribution in [2.24, 2.45) is 5.92 Å². The van der Waals surface area contributed by atoms with Crippen LogP contribution in [0.3, 0.4) is 0 Å². The molecule has 0 spiro atoms. The Balaban J connectivity index is 1.86. The lowest BCUT2D eigenvalue weighted by Gasteiger charge is -2.38. The zero-order valence-electron chi connectivity index (χ0n) is 12.7. The number of carboxylic acid groups (broad SMARTS) is 1. The Bertz CT molecular complexity index is 845. The van der Waals surface area contributed by atoms with Crippen molar-refractivity contribution in [3.8, 4) is 0 Å². The number of rotatable bonds is 2. The molecule has 0 radical (unpaired) electrons. The Morgan fingerprint density at radius 2 is 1.88 bits per heavy atom. The maximum atomic E-state index is 11.7. The van der Waals surface area contributed by atoms with Crippen LogP contribution in [0.4, 0.5) is 5.69 Å². The van der Waals surface area contributed by atoms with Gasteiger partial charge in [-0.05, 0) is 47.7 Å². The predicted molar refractivity (Wildman–Crippen MR) is 96.2 cm³/mol. The van der Waals surface area contributed by atoms with Gasteiger partial charge < -0.3 is 10.4 Å². The third-order valence-electron chi connectivity index (χ3n) is 4.93. The summed E-state index contributed by atoms with van der Waals surface area (Å²) in [6, 6.07) is 11.1. The Labute approximate surface area is 149 Å².